The van der Waals surface area contributed by atoms with Gasteiger partial charge in [-0.25, -0.2) is 0 Å². The lowest BCUT2D eigenvalue weighted by molar-refractivity contribution is 0.451. The molecule has 0 amide bonds. The minimum Gasteiger partial charge on any atom is -0.310 e. The standard InChI is InChI=1S/C15H20N4/c1-2-5-13(6-3-1)15(14-7-8-14)16-9-4-11-19-12-10-17-18-19/h1-3,5-6,10,12,14-16H,4,7-9,11H2. The number of nitrogens with zero attached hydrogens (tertiary/aromatic N) is 3. The van der Waals surface area contributed by atoms with Crippen LogP contribution >= 0.6 is 0 Å². The fourth-order valence-corrected chi connectivity index (χ4v) is 2.50. The highest BCUT2D eigenvalue weighted by Crippen LogP contribution is 2.40. The zero-order valence-corrected chi connectivity index (χ0v) is 11.1. The van der Waals surface area contributed by atoms with E-state index in [9.17, 15) is 0 Å². The lowest BCUT2D eigenvalue weighted by atomic mass is 10.0. The fourth-order valence-electron chi connectivity index (χ4n) is 2.50. The Morgan fingerprint density at radius 1 is 1.26 bits per heavy atom. The summed E-state index contributed by atoms with van der Waals surface area (Å²) in [7, 11) is 0. The molecule has 1 aromatic heterocycles. The molecule has 1 aliphatic rings. The van der Waals surface area contributed by atoms with Crippen molar-refractivity contribution in [3.63, 3.8) is 0 Å². The summed E-state index contributed by atoms with van der Waals surface area (Å²) in [5.41, 5.74) is 1.42. The van der Waals surface area contributed by atoms with Crippen LogP contribution in [-0.4, -0.2) is 21.5 Å². The van der Waals surface area contributed by atoms with E-state index in [1.54, 1.807) is 6.20 Å². The number of hydrogen-bond acceptors (Lipinski definition) is 3. The molecule has 0 saturated heterocycles. The molecule has 0 aliphatic heterocycles. The Hall–Kier alpha value is -1.68. The lowest BCUT2D eigenvalue weighted by Gasteiger charge is -2.18. The summed E-state index contributed by atoms with van der Waals surface area (Å²) in [4.78, 5) is 0. The number of aromatic nitrogens is 3. The van der Waals surface area contributed by atoms with E-state index in [1.807, 2.05) is 10.9 Å². The van der Waals surface area contributed by atoms with Crippen molar-refractivity contribution in [1.82, 2.24) is 20.3 Å². The Kier molecular flexibility index (Phi) is 3.89. The summed E-state index contributed by atoms with van der Waals surface area (Å²) in [6.07, 6.45) is 7.44. The molecule has 3 rings (SSSR count). The second kappa shape index (κ2) is 5.97. The number of nitrogens with one attached hydrogen (secondary N) is 1. The minimum atomic E-state index is 0.525. The molecule has 0 radical (unpaired) electrons. The summed E-state index contributed by atoms with van der Waals surface area (Å²) in [6, 6.07) is 11.3. The quantitative estimate of drug-likeness (QED) is 0.774. The van der Waals surface area contributed by atoms with Crippen LogP contribution in [0.3, 0.4) is 0 Å². The largest absolute Gasteiger partial charge is 0.310 e. The topological polar surface area (TPSA) is 42.7 Å². The summed E-state index contributed by atoms with van der Waals surface area (Å²) >= 11 is 0. The Morgan fingerprint density at radius 3 is 2.79 bits per heavy atom. The van der Waals surface area contributed by atoms with Crippen LogP contribution in [0.15, 0.2) is 42.7 Å². The summed E-state index contributed by atoms with van der Waals surface area (Å²) in [5.74, 6) is 0.828. The van der Waals surface area contributed by atoms with Crippen molar-refractivity contribution in [2.75, 3.05) is 6.54 Å². The second-order valence-electron chi connectivity index (χ2n) is 5.20. The maximum absolute atomic E-state index is 3.98. The third kappa shape index (κ3) is 3.41. The van der Waals surface area contributed by atoms with Gasteiger partial charge in [0.05, 0.1) is 6.20 Å². The first-order valence-corrected chi connectivity index (χ1v) is 7.06. The number of hydrogen-bond donors (Lipinski definition) is 1. The van der Waals surface area contributed by atoms with Crippen molar-refractivity contribution < 1.29 is 0 Å². The fraction of sp³-hybridized carbons (Fsp3) is 0.467. The van der Waals surface area contributed by atoms with Gasteiger partial charge in [0.1, 0.15) is 0 Å². The highest BCUT2D eigenvalue weighted by molar-refractivity contribution is 5.21. The highest BCUT2D eigenvalue weighted by atomic mass is 15.4. The van der Waals surface area contributed by atoms with Crippen LogP contribution in [0, 0.1) is 5.92 Å². The molecule has 1 aliphatic carbocycles. The number of aryl methyl sites for hydroxylation is 1. The lowest BCUT2D eigenvalue weighted by Crippen LogP contribution is -2.25. The summed E-state index contributed by atoms with van der Waals surface area (Å²) in [5, 5.41) is 11.5. The molecule has 1 atom stereocenters. The van der Waals surface area contributed by atoms with E-state index in [0.717, 1.165) is 25.4 Å². The molecule has 1 heterocycles. The average Bonchev–Trinajstić information content (AvgIpc) is 3.15. The van der Waals surface area contributed by atoms with Gasteiger partial charge in [0.25, 0.3) is 0 Å². The highest BCUT2D eigenvalue weighted by Gasteiger charge is 2.31. The monoisotopic (exact) mass is 256 g/mol. The van der Waals surface area contributed by atoms with Gasteiger partial charge in [-0.05, 0) is 37.3 Å². The SMILES string of the molecule is c1ccc(C(NCCCn2ccnn2)C2CC2)cc1. The van der Waals surface area contributed by atoms with Gasteiger partial charge in [-0.3, -0.25) is 4.68 Å². The Morgan fingerprint density at radius 2 is 2.11 bits per heavy atom. The summed E-state index contributed by atoms with van der Waals surface area (Å²) in [6.45, 7) is 1.95. The van der Waals surface area contributed by atoms with Crippen LogP contribution in [0.25, 0.3) is 0 Å². The third-order valence-electron chi connectivity index (χ3n) is 3.65. The molecule has 4 heteroatoms. The van der Waals surface area contributed by atoms with Crippen molar-refractivity contribution >= 4 is 0 Å². The van der Waals surface area contributed by atoms with Gasteiger partial charge in [-0.2, -0.15) is 0 Å². The maximum Gasteiger partial charge on any atom is 0.0692 e. The molecule has 1 aromatic carbocycles. The van der Waals surface area contributed by atoms with Crippen molar-refractivity contribution in [3.05, 3.63) is 48.3 Å². The predicted molar refractivity (Wildman–Crippen MR) is 74.5 cm³/mol. The molecular weight excluding hydrogens is 236 g/mol. The Labute approximate surface area is 113 Å². The molecule has 4 nitrogen and oxygen atoms in total. The van der Waals surface area contributed by atoms with E-state index in [2.05, 4.69) is 46.0 Å². The first-order valence-electron chi connectivity index (χ1n) is 7.06. The zero-order valence-electron chi connectivity index (χ0n) is 11.1. The van der Waals surface area contributed by atoms with E-state index in [0.29, 0.717) is 6.04 Å². The van der Waals surface area contributed by atoms with Gasteiger partial charge >= 0.3 is 0 Å². The molecule has 1 fully saturated rings. The van der Waals surface area contributed by atoms with Crippen LogP contribution in [0.1, 0.15) is 30.9 Å². The van der Waals surface area contributed by atoms with Crippen LogP contribution < -0.4 is 5.32 Å². The van der Waals surface area contributed by atoms with Gasteiger partial charge in [0.2, 0.25) is 0 Å². The number of benzene rings is 1. The van der Waals surface area contributed by atoms with Gasteiger partial charge in [-0.1, -0.05) is 35.5 Å². The first-order chi connectivity index (χ1) is 9.43. The molecule has 1 N–H and O–H groups in total. The van der Waals surface area contributed by atoms with Crippen LogP contribution in [0.2, 0.25) is 0 Å². The molecule has 0 bridgehead atoms. The van der Waals surface area contributed by atoms with E-state index >= 15 is 0 Å². The van der Waals surface area contributed by atoms with Crippen LogP contribution in [-0.2, 0) is 6.54 Å². The van der Waals surface area contributed by atoms with Gasteiger partial charge < -0.3 is 5.32 Å². The third-order valence-corrected chi connectivity index (χ3v) is 3.65. The van der Waals surface area contributed by atoms with E-state index in [-0.39, 0.29) is 0 Å². The molecule has 19 heavy (non-hydrogen) atoms. The van der Waals surface area contributed by atoms with Crippen molar-refractivity contribution in [3.8, 4) is 0 Å². The molecule has 100 valence electrons. The molecule has 0 spiro atoms. The van der Waals surface area contributed by atoms with Gasteiger partial charge in [0, 0.05) is 18.8 Å². The van der Waals surface area contributed by atoms with Crippen molar-refractivity contribution in [2.24, 2.45) is 5.92 Å². The Bertz CT molecular complexity index is 476. The van der Waals surface area contributed by atoms with Crippen LogP contribution in [0.4, 0.5) is 0 Å². The van der Waals surface area contributed by atoms with Gasteiger partial charge in [0.15, 0.2) is 0 Å². The minimum absolute atomic E-state index is 0.525. The smallest absolute Gasteiger partial charge is 0.0692 e. The van der Waals surface area contributed by atoms with Crippen LogP contribution in [0.5, 0.6) is 0 Å². The molecule has 1 unspecified atom stereocenters. The normalized spacial score (nSPS) is 16.4. The van der Waals surface area contributed by atoms with E-state index in [1.165, 1.54) is 18.4 Å². The summed E-state index contributed by atoms with van der Waals surface area (Å²) < 4.78 is 1.89. The predicted octanol–water partition coefficient (Wildman–Crippen LogP) is 2.41. The molecule has 2 aromatic rings. The van der Waals surface area contributed by atoms with E-state index < -0.39 is 0 Å². The second-order valence-corrected chi connectivity index (χ2v) is 5.20. The number of rotatable bonds is 7. The van der Waals surface area contributed by atoms with Crippen molar-refractivity contribution in [1.29, 1.82) is 0 Å². The molecular formula is C15H20N4. The average molecular weight is 256 g/mol. The molecule has 1 saturated carbocycles. The van der Waals surface area contributed by atoms with E-state index in [4.69, 9.17) is 0 Å². The zero-order chi connectivity index (χ0) is 12.9. The maximum atomic E-state index is 3.98. The first kappa shape index (κ1) is 12.4. The van der Waals surface area contributed by atoms with Gasteiger partial charge in [-0.15, -0.1) is 5.10 Å². The Balaban J connectivity index is 1.49. The van der Waals surface area contributed by atoms with Crippen molar-refractivity contribution in [2.45, 2.75) is 31.8 Å².